The molecule has 1 aromatic carbocycles. The van der Waals surface area contributed by atoms with Gasteiger partial charge in [-0.05, 0) is 12.6 Å². The number of hydrogen-bond acceptors (Lipinski definition) is 2. The monoisotopic (exact) mass is 283 g/mol. The van der Waals surface area contributed by atoms with Crippen molar-refractivity contribution >= 4 is 15.9 Å². The van der Waals surface area contributed by atoms with Gasteiger partial charge in [0.1, 0.15) is 5.75 Å². The molecule has 1 aromatic rings. The third-order valence-electron chi connectivity index (χ3n) is 3.13. The van der Waals surface area contributed by atoms with E-state index in [0.717, 1.165) is 37.3 Å². The molecule has 88 valence electrons. The fraction of sp³-hybridized carbons (Fsp3) is 0.538. The number of halogens is 1. The maximum absolute atomic E-state index is 5.70. The maximum Gasteiger partial charge on any atom is 0.122 e. The maximum atomic E-state index is 5.70. The van der Waals surface area contributed by atoms with Crippen LogP contribution in [-0.2, 0) is 0 Å². The van der Waals surface area contributed by atoms with Crippen molar-refractivity contribution in [1.82, 2.24) is 4.90 Å². The summed E-state index contributed by atoms with van der Waals surface area (Å²) in [6.07, 6.45) is 0. The average Bonchev–Trinajstić information content (AvgIpc) is 2.72. The van der Waals surface area contributed by atoms with Crippen LogP contribution in [0.1, 0.15) is 18.4 Å². The van der Waals surface area contributed by atoms with Gasteiger partial charge >= 0.3 is 0 Å². The Balaban J connectivity index is 2.02. The Labute approximate surface area is 106 Å². The molecule has 0 saturated heterocycles. The van der Waals surface area contributed by atoms with Crippen molar-refractivity contribution < 1.29 is 4.74 Å². The van der Waals surface area contributed by atoms with E-state index in [1.807, 2.05) is 6.07 Å². The van der Waals surface area contributed by atoms with Crippen molar-refractivity contribution in [3.8, 4) is 5.75 Å². The Bertz CT molecular complexity index is 342. The first-order chi connectivity index (χ1) is 7.85. The Hall–Kier alpha value is -0.540. The molecule has 0 fully saturated rings. The van der Waals surface area contributed by atoms with E-state index >= 15 is 0 Å². The molecule has 0 saturated carbocycles. The third kappa shape index (κ3) is 2.58. The van der Waals surface area contributed by atoms with Crippen molar-refractivity contribution in [2.75, 3.05) is 31.6 Å². The summed E-state index contributed by atoms with van der Waals surface area (Å²) in [7, 11) is 0. The van der Waals surface area contributed by atoms with E-state index in [1.165, 1.54) is 5.56 Å². The zero-order valence-corrected chi connectivity index (χ0v) is 11.2. The number of rotatable bonds is 5. The first-order valence-electron chi connectivity index (χ1n) is 5.85. The number of benzene rings is 1. The molecule has 0 bridgehead atoms. The van der Waals surface area contributed by atoms with E-state index in [2.05, 4.69) is 46.0 Å². The SMILES string of the molecule is CCN(CCBr)CC1COc2ccccc21. The number of ether oxygens (including phenoxy) is 1. The second-order valence-electron chi connectivity index (χ2n) is 4.13. The highest BCUT2D eigenvalue weighted by Gasteiger charge is 2.24. The summed E-state index contributed by atoms with van der Waals surface area (Å²) >= 11 is 3.50. The molecular weight excluding hydrogens is 266 g/mol. The van der Waals surface area contributed by atoms with E-state index in [4.69, 9.17) is 4.74 Å². The number of hydrogen-bond donors (Lipinski definition) is 0. The topological polar surface area (TPSA) is 12.5 Å². The lowest BCUT2D eigenvalue weighted by atomic mass is 10.0. The molecule has 1 aliphatic rings. The lowest BCUT2D eigenvalue weighted by Gasteiger charge is -2.22. The van der Waals surface area contributed by atoms with E-state index in [1.54, 1.807) is 0 Å². The highest BCUT2D eigenvalue weighted by atomic mass is 79.9. The molecule has 0 amide bonds. The number of alkyl halides is 1. The number of nitrogens with zero attached hydrogens (tertiary/aromatic N) is 1. The van der Waals surface area contributed by atoms with Crippen molar-refractivity contribution in [2.24, 2.45) is 0 Å². The van der Waals surface area contributed by atoms with Crippen LogP contribution in [0.2, 0.25) is 0 Å². The molecule has 0 N–H and O–H groups in total. The molecule has 16 heavy (non-hydrogen) atoms. The largest absolute Gasteiger partial charge is 0.493 e. The fourth-order valence-electron chi connectivity index (χ4n) is 2.19. The van der Waals surface area contributed by atoms with Crippen LogP contribution >= 0.6 is 15.9 Å². The molecule has 2 nitrogen and oxygen atoms in total. The van der Waals surface area contributed by atoms with E-state index in [0.29, 0.717) is 5.92 Å². The minimum absolute atomic E-state index is 0.537. The second kappa shape index (κ2) is 5.69. The van der Waals surface area contributed by atoms with Gasteiger partial charge in [-0.1, -0.05) is 41.1 Å². The Morgan fingerprint density at radius 2 is 2.25 bits per heavy atom. The van der Waals surface area contributed by atoms with E-state index in [-0.39, 0.29) is 0 Å². The van der Waals surface area contributed by atoms with Crippen LogP contribution in [0.3, 0.4) is 0 Å². The Kier molecular flexibility index (Phi) is 4.24. The standard InChI is InChI=1S/C13H18BrNO/c1-2-15(8-7-14)9-11-10-16-13-6-4-3-5-12(11)13/h3-6,11H,2,7-10H2,1H3. The van der Waals surface area contributed by atoms with Gasteiger partial charge in [0.2, 0.25) is 0 Å². The zero-order chi connectivity index (χ0) is 11.4. The van der Waals surface area contributed by atoms with Gasteiger partial charge in [-0.25, -0.2) is 0 Å². The highest BCUT2D eigenvalue weighted by Crippen LogP contribution is 2.33. The molecule has 1 heterocycles. The molecule has 2 rings (SSSR count). The van der Waals surface area contributed by atoms with Crippen LogP contribution in [0.4, 0.5) is 0 Å². The Morgan fingerprint density at radius 3 is 3.00 bits per heavy atom. The molecule has 3 heteroatoms. The Morgan fingerprint density at radius 1 is 1.44 bits per heavy atom. The summed E-state index contributed by atoms with van der Waals surface area (Å²) in [5.74, 6) is 1.61. The lowest BCUT2D eigenvalue weighted by Crippen LogP contribution is -2.30. The highest BCUT2D eigenvalue weighted by molar-refractivity contribution is 9.09. The van der Waals surface area contributed by atoms with Crippen molar-refractivity contribution in [3.05, 3.63) is 29.8 Å². The fourth-order valence-corrected chi connectivity index (χ4v) is 2.69. The van der Waals surface area contributed by atoms with Crippen LogP contribution in [0.15, 0.2) is 24.3 Å². The van der Waals surface area contributed by atoms with E-state index < -0.39 is 0 Å². The van der Waals surface area contributed by atoms with Crippen molar-refractivity contribution in [2.45, 2.75) is 12.8 Å². The van der Waals surface area contributed by atoms with Gasteiger partial charge in [0.25, 0.3) is 0 Å². The molecule has 0 aromatic heterocycles. The van der Waals surface area contributed by atoms with E-state index in [9.17, 15) is 0 Å². The first kappa shape index (κ1) is 11.9. The van der Waals surface area contributed by atoms with Gasteiger partial charge in [-0.15, -0.1) is 0 Å². The number of likely N-dealkylation sites (N-methyl/N-ethyl adjacent to an activating group) is 1. The smallest absolute Gasteiger partial charge is 0.122 e. The van der Waals surface area contributed by atoms with Crippen LogP contribution in [0, 0.1) is 0 Å². The minimum atomic E-state index is 0.537. The number of para-hydroxylation sites is 1. The predicted molar refractivity (Wildman–Crippen MR) is 70.6 cm³/mol. The van der Waals surface area contributed by atoms with Crippen LogP contribution in [0.5, 0.6) is 5.75 Å². The second-order valence-corrected chi connectivity index (χ2v) is 4.92. The van der Waals surface area contributed by atoms with Gasteiger partial charge in [0.15, 0.2) is 0 Å². The predicted octanol–water partition coefficient (Wildman–Crippen LogP) is 2.88. The summed E-state index contributed by atoms with van der Waals surface area (Å²) in [5, 5.41) is 1.04. The molecule has 1 atom stereocenters. The van der Waals surface area contributed by atoms with Gasteiger partial charge < -0.3 is 9.64 Å². The molecule has 0 aliphatic carbocycles. The van der Waals surface area contributed by atoms with Crippen LogP contribution in [-0.4, -0.2) is 36.5 Å². The van der Waals surface area contributed by atoms with Crippen LogP contribution in [0.25, 0.3) is 0 Å². The van der Waals surface area contributed by atoms with Crippen molar-refractivity contribution in [1.29, 1.82) is 0 Å². The summed E-state index contributed by atoms with van der Waals surface area (Å²) in [5.41, 5.74) is 1.37. The summed E-state index contributed by atoms with van der Waals surface area (Å²) in [6, 6.07) is 8.39. The first-order valence-corrected chi connectivity index (χ1v) is 6.97. The van der Waals surface area contributed by atoms with Gasteiger partial charge in [0.05, 0.1) is 6.61 Å². The molecule has 1 unspecified atom stereocenters. The van der Waals surface area contributed by atoms with Gasteiger partial charge in [-0.3, -0.25) is 0 Å². The quantitative estimate of drug-likeness (QED) is 0.771. The van der Waals surface area contributed by atoms with Gasteiger partial charge in [-0.2, -0.15) is 0 Å². The summed E-state index contributed by atoms with van der Waals surface area (Å²) in [6.45, 7) is 6.35. The summed E-state index contributed by atoms with van der Waals surface area (Å²) < 4.78 is 5.70. The number of fused-ring (bicyclic) bond motifs is 1. The van der Waals surface area contributed by atoms with Gasteiger partial charge in [0, 0.05) is 29.9 Å². The molecule has 1 aliphatic heterocycles. The summed E-state index contributed by atoms with van der Waals surface area (Å²) in [4.78, 5) is 2.46. The normalized spacial score (nSPS) is 18.6. The molecule has 0 spiro atoms. The van der Waals surface area contributed by atoms with Crippen LogP contribution < -0.4 is 4.74 Å². The molecule has 0 radical (unpaired) electrons. The molecular formula is C13H18BrNO. The van der Waals surface area contributed by atoms with Crippen molar-refractivity contribution in [3.63, 3.8) is 0 Å². The minimum Gasteiger partial charge on any atom is -0.493 e. The average molecular weight is 284 g/mol. The lowest BCUT2D eigenvalue weighted by molar-refractivity contribution is 0.252. The zero-order valence-electron chi connectivity index (χ0n) is 9.66. The third-order valence-corrected chi connectivity index (χ3v) is 3.48.